The fourth-order valence-electron chi connectivity index (χ4n) is 1.97. The first-order valence-electron chi connectivity index (χ1n) is 5.57. The number of carboxylic acids is 1. The highest BCUT2D eigenvalue weighted by Gasteiger charge is 2.17. The number of hydrogen-bond donors (Lipinski definition) is 1. The zero-order valence-corrected chi connectivity index (χ0v) is 10.4. The smallest absolute Gasteiger partial charge is 0.341 e. The second-order valence-corrected chi connectivity index (χ2v) is 4.02. The average molecular weight is 247 g/mol. The van der Waals surface area contributed by atoms with Crippen molar-refractivity contribution in [2.24, 2.45) is 0 Å². The Morgan fingerprint density at radius 3 is 2.61 bits per heavy atom. The molecule has 0 aliphatic heterocycles. The molecule has 2 aromatic heterocycles. The number of aromatic nitrogens is 3. The van der Waals surface area contributed by atoms with Crippen LogP contribution < -0.4 is 5.43 Å². The minimum atomic E-state index is -1.23. The average Bonchev–Trinajstić information content (AvgIpc) is 2.27. The second-order valence-electron chi connectivity index (χ2n) is 4.02. The fraction of sp³-hybridized carbons (Fsp3) is 0.333. The van der Waals surface area contributed by atoms with Gasteiger partial charge in [-0.2, -0.15) is 0 Å². The molecular formula is C12H13N3O3. The van der Waals surface area contributed by atoms with Crippen LogP contribution in [0.3, 0.4) is 0 Å². The molecule has 0 saturated carbocycles. The van der Waals surface area contributed by atoms with Crippen LogP contribution in [0, 0.1) is 13.8 Å². The van der Waals surface area contributed by atoms with Crippen molar-refractivity contribution in [3.8, 4) is 0 Å². The molecule has 1 N–H and O–H groups in total. The molecule has 6 heteroatoms. The number of aryl methyl sites for hydroxylation is 3. The molecule has 0 aromatic carbocycles. The quantitative estimate of drug-likeness (QED) is 0.859. The maximum Gasteiger partial charge on any atom is 0.341 e. The zero-order chi connectivity index (χ0) is 13.4. The van der Waals surface area contributed by atoms with E-state index in [0.29, 0.717) is 23.7 Å². The highest BCUT2D eigenvalue weighted by Crippen LogP contribution is 2.13. The van der Waals surface area contributed by atoms with Crippen LogP contribution in [0.2, 0.25) is 0 Å². The summed E-state index contributed by atoms with van der Waals surface area (Å²) in [5.41, 5.74) is 0.213. The molecule has 0 aliphatic carbocycles. The molecule has 2 heterocycles. The topological polar surface area (TPSA) is 85.1 Å². The largest absolute Gasteiger partial charge is 0.477 e. The van der Waals surface area contributed by atoms with Crippen molar-refractivity contribution in [2.45, 2.75) is 27.3 Å². The molecule has 2 aromatic rings. The van der Waals surface area contributed by atoms with Crippen LogP contribution in [0.4, 0.5) is 0 Å². The van der Waals surface area contributed by atoms with E-state index < -0.39 is 11.4 Å². The number of pyridine rings is 1. The van der Waals surface area contributed by atoms with E-state index in [4.69, 9.17) is 5.11 Å². The molecule has 0 fully saturated rings. The van der Waals surface area contributed by atoms with E-state index in [1.54, 1.807) is 18.4 Å². The molecule has 0 radical (unpaired) electrons. The summed E-state index contributed by atoms with van der Waals surface area (Å²) in [5.74, 6) is -0.672. The molecule has 6 nitrogen and oxygen atoms in total. The Labute approximate surface area is 103 Å². The Morgan fingerprint density at radius 2 is 2.06 bits per heavy atom. The summed E-state index contributed by atoms with van der Waals surface area (Å²) in [7, 11) is 0. The van der Waals surface area contributed by atoms with Gasteiger partial charge in [0.15, 0.2) is 0 Å². The van der Waals surface area contributed by atoms with Crippen LogP contribution in [-0.4, -0.2) is 25.6 Å². The van der Waals surface area contributed by atoms with Crippen molar-refractivity contribution >= 4 is 17.0 Å². The highest BCUT2D eigenvalue weighted by molar-refractivity contribution is 5.92. The molecule has 0 amide bonds. The number of hydrogen-bond acceptors (Lipinski definition) is 4. The van der Waals surface area contributed by atoms with Gasteiger partial charge in [-0.05, 0) is 20.8 Å². The number of carboxylic acid groups (broad SMARTS) is 1. The standard InChI is InChI=1S/C12H13N3O3/c1-4-15-5-8(12(17)18)10(16)9-6(2)13-7(3)14-11(9)15/h5H,4H2,1-3H3,(H,17,18). The van der Waals surface area contributed by atoms with Crippen LogP contribution >= 0.6 is 0 Å². The van der Waals surface area contributed by atoms with Gasteiger partial charge >= 0.3 is 5.97 Å². The summed E-state index contributed by atoms with van der Waals surface area (Å²) >= 11 is 0. The van der Waals surface area contributed by atoms with Gasteiger partial charge in [0, 0.05) is 12.7 Å². The van der Waals surface area contributed by atoms with Crippen molar-refractivity contribution in [2.75, 3.05) is 0 Å². The SMILES string of the molecule is CCn1cc(C(=O)O)c(=O)c2c(C)nc(C)nc21. The summed E-state index contributed by atoms with van der Waals surface area (Å²) in [6.45, 7) is 5.82. The van der Waals surface area contributed by atoms with Gasteiger partial charge in [0.1, 0.15) is 17.0 Å². The van der Waals surface area contributed by atoms with Gasteiger partial charge in [-0.3, -0.25) is 4.79 Å². The summed E-state index contributed by atoms with van der Waals surface area (Å²) < 4.78 is 1.65. The second kappa shape index (κ2) is 4.21. The van der Waals surface area contributed by atoms with Crippen molar-refractivity contribution in [1.29, 1.82) is 0 Å². The Bertz CT molecular complexity index is 704. The lowest BCUT2D eigenvalue weighted by Gasteiger charge is -2.10. The lowest BCUT2D eigenvalue weighted by Crippen LogP contribution is -2.21. The molecule has 0 spiro atoms. The Morgan fingerprint density at radius 1 is 1.39 bits per heavy atom. The Hall–Kier alpha value is -2.24. The highest BCUT2D eigenvalue weighted by atomic mass is 16.4. The van der Waals surface area contributed by atoms with E-state index >= 15 is 0 Å². The Kier molecular flexibility index (Phi) is 2.86. The minimum absolute atomic E-state index is 0.250. The molecule has 2 rings (SSSR count). The van der Waals surface area contributed by atoms with Gasteiger partial charge < -0.3 is 9.67 Å². The van der Waals surface area contributed by atoms with Gasteiger partial charge in [0.25, 0.3) is 0 Å². The van der Waals surface area contributed by atoms with Gasteiger partial charge in [-0.25, -0.2) is 14.8 Å². The number of nitrogens with zero attached hydrogens (tertiary/aromatic N) is 3. The fourth-order valence-corrected chi connectivity index (χ4v) is 1.97. The van der Waals surface area contributed by atoms with Crippen LogP contribution in [0.15, 0.2) is 11.0 Å². The lowest BCUT2D eigenvalue weighted by atomic mass is 10.1. The lowest BCUT2D eigenvalue weighted by molar-refractivity contribution is 0.0695. The normalized spacial score (nSPS) is 10.8. The first-order chi connectivity index (χ1) is 8.45. The van der Waals surface area contributed by atoms with Gasteiger partial charge in [-0.1, -0.05) is 0 Å². The van der Waals surface area contributed by atoms with Gasteiger partial charge in [0.05, 0.1) is 11.1 Å². The molecule has 0 saturated heterocycles. The molecule has 0 bridgehead atoms. The van der Waals surface area contributed by atoms with Crippen molar-refractivity contribution in [3.63, 3.8) is 0 Å². The van der Waals surface area contributed by atoms with E-state index in [2.05, 4.69) is 9.97 Å². The van der Waals surface area contributed by atoms with Gasteiger partial charge in [-0.15, -0.1) is 0 Å². The third-order valence-electron chi connectivity index (χ3n) is 2.78. The number of rotatable bonds is 2. The predicted molar refractivity (Wildman–Crippen MR) is 65.9 cm³/mol. The third-order valence-corrected chi connectivity index (χ3v) is 2.78. The number of fused-ring (bicyclic) bond motifs is 1. The third kappa shape index (κ3) is 1.75. The van der Waals surface area contributed by atoms with E-state index in [1.807, 2.05) is 6.92 Å². The van der Waals surface area contributed by atoms with Crippen molar-refractivity contribution in [1.82, 2.24) is 14.5 Å². The van der Waals surface area contributed by atoms with E-state index in [1.165, 1.54) is 6.20 Å². The zero-order valence-electron chi connectivity index (χ0n) is 10.4. The molecule has 94 valence electrons. The maximum absolute atomic E-state index is 12.1. The summed E-state index contributed by atoms with van der Waals surface area (Å²) in [6.07, 6.45) is 1.33. The maximum atomic E-state index is 12.1. The molecule has 0 unspecified atom stereocenters. The summed E-state index contributed by atoms with van der Waals surface area (Å²) in [4.78, 5) is 31.5. The van der Waals surface area contributed by atoms with Gasteiger partial charge in [0.2, 0.25) is 5.43 Å². The molecule has 18 heavy (non-hydrogen) atoms. The van der Waals surface area contributed by atoms with Crippen molar-refractivity contribution in [3.05, 3.63) is 33.5 Å². The number of carbonyl (C=O) groups is 1. The minimum Gasteiger partial charge on any atom is -0.477 e. The number of aromatic carboxylic acids is 1. The van der Waals surface area contributed by atoms with Crippen molar-refractivity contribution < 1.29 is 9.90 Å². The van der Waals surface area contributed by atoms with Crippen LogP contribution in [0.5, 0.6) is 0 Å². The van der Waals surface area contributed by atoms with E-state index in [9.17, 15) is 9.59 Å². The molecule has 0 aliphatic rings. The summed E-state index contributed by atoms with van der Waals surface area (Å²) in [6, 6.07) is 0. The van der Waals surface area contributed by atoms with E-state index in [0.717, 1.165) is 0 Å². The molecular weight excluding hydrogens is 234 g/mol. The van der Waals surface area contributed by atoms with E-state index in [-0.39, 0.29) is 10.9 Å². The molecule has 0 atom stereocenters. The van der Waals surface area contributed by atoms with Crippen LogP contribution in [0.1, 0.15) is 28.8 Å². The monoisotopic (exact) mass is 247 g/mol. The van der Waals surface area contributed by atoms with Crippen LogP contribution in [-0.2, 0) is 6.54 Å². The van der Waals surface area contributed by atoms with Crippen LogP contribution in [0.25, 0.3) is 11.0 Å². The first-order valence-corrected chi connectivity index (χ1v) is 5.57. The predicted octanol–water partition coefficient (Wildman–Crippen LogP) is 1.13. The summed E-state index contributed by atoms with van der Waals surface area (Å²) in [5, 5.41) is 9.32. The first kappa shape index (κ1) is 12.2. The Balaban J connectivity index is 3.04.